The summed E-state index contributed by atoms with van der Waals surface area (Å²) in [5.74, 6) is 0.875. The molecule has 0 bridgehead atoms. The molecule has 0 saturated carbocycles. The third-order valence-electron chi connectivity index (χ3n) is 4.95. The number of hydrogen-bond acceptors (Lipinski definition) is 4. The molecule has 1 unspecified atom stereocenters. The molecule has 0 spiro atoms. The predicted molar refractivity (Wildman–Crippen MR) is 86.8 cm³/mol. The molecule has 126 valence electrons. The van der Waals surface area contributed by atoms with Gasteiger partial charge in [0.25, 0.3) is 5.91 Å². The fourth-order valence-corrected chi connectivity index (χ4v) is 3.52. The number of ether oxygens (including phenoxy) is 2. The van der Waals surface area contributed by atoms with Crippen LogP contribution < -0.4 is 4.74 Å². The van der Waals surface area contributed by atoms with E-state index in [-0.39, 0.29) is 24.0 Å². The lowest BCUT2D eigenvalue weighted by molar-refractivity contribution is -0.0282. The van der Waals surface area contributed by atoms with Gasteiger partial charge in [-0.2, -0.15) is 0 Å². The van der Waals surface area contributed by atoms with E-state index < -0.39 is 0 Å². The quantitative estimate of drug-likeness (QED) is 0.920. The lowest BCUT2D eigenvalue weighted by atomic mass is 9.80. The number of benzene rings is 1. The maximum Gasteiger partial charge on any atom is 0.253 e. The van der Waals surface area contributed by atoms with Crippen LogP contribution in [0.5, 0.6) is 5.75 Å². The molecule has 1 N–H and O–H groups in total. The summed E-state index contributed by atoms with van der Waals surface area (Å²) in [4.78, 5) is 14.5. The van der Waals surface area contributed by atoms with Crippen LogP contribution >= 0.6 is 0 Å². The van der Waals surface area contributed by atoms with Crippen molar-refractivity contribution in [1.82, 2.24) is 4.90 Å². The highest BCUT2D eigenvalue weighted by atomic mass is 16.5. The summed E-state index contributed by atoms with van der Waals surface area (Å²) in [6, 6.07) is 5.65. The first-order valence-electron chi connectivity index (χ1n) is 8.27. The Morgan fingerprint density at radius 2 is 2.13 bits per heavy atom. The lowest BCUT2D eigenvalue weighted by Gasteiger charge is -2.38. The molecule has 23 heavy (non-hydrogen) atoms. The SMILES string of the molecule is CC1Cc2cc(C(=O)N(C)CC3(CO)CCOCC3)ccc2O1. The minimum absolute atomic E-state index is 0.00771. The van der Waals surface area contributed by atoms with Gasteiger partial charge in [-0.15, -0.1) is 0 Å². The molecule has 2 aliphatic rings. The van der Waals surface area contributed by atoms with Crippen molar-refractivity contribution in [2.45, 2.75) is 32.3 Å². The number of amides is 1. The first-order chi connectivity index (χ1) is 11.0. The van der Waals surface area contributed by atoms with Gasteiger partial charge in [-0.25, -0.2) is 0 Å². The second-order valence-corrected chi connectivity index (χ2v) is 6.89. The maximum absolute atomic E-state index is 12.7. The van der Waals surface area contributed by atoms with E-state index in [4.69, 9.17) is 9.47 Å². The standard InChI is InChI=1S/C18H25NO4/c1-13-9-15-10-14(3-4-16(15)23-13)17(21)19(2)11-18(12-20)5-7-22-8-6-18/h3-4,10,13,20H,5-9,11-12H2,1-2H3. The van der Waals surface area contributed by atoms with E-state index in [9.17, 15) is 9.90 Å². The Balaban J connectivity index is 1.71. The Morgan fingerprint density at radius 1 is 1.39 bits per heavy atom. The summed E-state index contributed by atoms with van der Waals surface area (Å²) in [6.45, 7) is 3.97. The van der Waals surface area contributed by atoms with Crippen molar-refractivity contribution in [2.24, 2.45) is 5.41 Å². The largest absolute Gasteiger partial charge is 0.490 e. The van der Waals surface area contributed by atoms with Crippen LogP contribution in [0.1, 0.15) is 35.7 Å². The number of aliphatic hydroxyl groups is 1. The van der Waals surface area contributed by atoms with Crippen LogP contribution in [-0.4, -0.2) is 55.4 Å². The number of carbonyl (C=O) groups excluding carboxylic acids is 1. The van der Waals surface area contributed by atoms with Crippen LogP contribution in [0.15, 0.2) is 18.2 Å². The first kappa shape index (κ1) is 16.3. The summed E-state index contributed by atoms with van der Waals surface area (Å²) in [6.07, 6.45) is 2.60. The van der Waals surface area contributed by atoms with Crippen LogP contribution in [0.25, 0.3) is 0 Å². The van der Waals surface area contributed by atoms with Gasteiger partial charge in [-0.3, -0.25) is 4.79 Å². The van der Waals surface area contributed by atoms with Crippen LogP contribution in [-0.2, 0) is 11.2 Å². The Bertz CT molecular complexity index is 580. The van der Waals surface area contributed by atoms with Crippen molar-refractivity contribution in [1.29, 1.82) is 0 Å². The normalized spacial score (nSPS) is 22.3. The summed E-state index contributed by atoms with van der Waals surface area (Å²) >= 11 is 0. The zero-order valence-corrected chi connectivity index (χ0v) is 13.9. The third kappa shape index (κ3) is 3.35. The second kappa shape index (κ2) is 6.49. The summed E-state index contributed by atoms with van der Waals surface area (Å²) in [5.41, 5.74) is 1.54. The first-order valence-corrected chi connectivity index (χ1v) is 8.27. The molecule has 3 rings (SSSR count). The monoisotopic (exact) mass is 319 g/mol. The maximum atomic E-state index is 12.7. The zero-order valence-electron chi connectivity index (χ0n) is 13.9. The average molecular weight is 319 g/mol. The minimum atomic E-state index is -0.239. The van der Waals surface area contributed by atoms with Crippen molar-refractivity contribution < 1.29 is 19.4 Å². The summed E-state index contributed by atoms with van der Waals surface area (Å²) < 4.78 is 11.1. The molecule has 2 heterocycles. The molecule has 1 fully saturated rings. The Hall–Kier alpha value is -1.59. The number of aliphatic hydroxyl groups excluding tert-OH is 1. The molecule has 1 aromatic carbocycles. The Labute approximate surface area is 137 Å². The van der Waals surface area contributed by atoms with E-state index in [1.807, 2.05) is 32.2 Å². The van der Waals surface area contributed by atoms with Gasteiger partial charge < -0.3 is 19.5 Å². The number of hydrogen-bond donors (Lipinski definition) is 1. The lowest BCUT2D eigenvalue weighted by Crippen LogP contribution is -2.44. The number of nitrogens with zero attached hydrogens (tertiary/aromatic N) is 1. The van der Waals surface area contributed by atoms with Gasteiger partial charge >= 0.3 is 0 Å². The molecule has 1 saturated heterocycles. The molecule has 1 amide bonds. The van der Waals surface area contributed by atoms with Gasteiger partial charge in [0.2, 0.25) is 0 Å². The highest BCUT2D eigenvalue weighted by Crippen LogP contribution is 2.32. The fourth-order valence-electron chi connectivity index (χ4n) is 3.52. The van der Waals surface area contributed by atoms with E-state index >= 15 is 0 Å². The molecular weight excluding hydrogens is 294 g/mol. The van der Waals surface area contributed by atoms with Crippen LogP contribution in [0, 0.1) is 5.41 Å². The highest BCUT2D eigenvalue weighted by Gasteiger charge is 2.34. The van der Waals surface area contributed by atoms with E-state index in [0.29, 0.717) is 25.3 Å². The summed E-state index contributed by atoms with van der Waals surface area (Å²) in [5, 5.41) is 9.79. The van der Waals surface area contributed by atoms with Gasteiger partial charge in [0, 0.05) is 44.2 Å². The van der Waals surface area contributed by atoms with E-state index in [1.165, 1.54) is 0 Å². The summed E-state index contributed by atoms with van der Waals surface area (Å²) in [7, 11) is 1.81. The molecule has 0 radical (unpaired) electrons. The number of carbonyl (C=O) groups is 1. The molecule has 1 aromatic rings. The Morgan fingerprint density at radius 3 is 2.83 bits per heavy atom. The van der Waals surface area contributed by atoms with E-state index in [0.717, 1.165) is 30.6 Å². The van der Waals surface area contributed by atoms with Crippen molar-refractivity contribution in [2.75, 3.05) is 33.4 Å². The molecule has 2 aliphatic heterocycles. The topological polar surface area (TPSA) is 59.0 Å². The van der Waals surface area contributed by atoms with Gasteiger partial charge in [0.1, 0.15) is 11.9 Å². The van der Waals surface area contributed by atoms with Gasteiger partial charge in [-0.05, 0) is 43.5 Å². The molecular formula is C18H25NO4. The number of rotatable bonds is 4. The molecule has 1 atom stereocenters. The Kier molecular flexibility index (Phi) is 4.60. The molecule has 0 aromatic heterocycles. The number of fused-ring (bicyclic) bond motifs is 1. The predicted octanol–water partition coefficient (Wildman–Crippen LogP) is 1.87. The van der Waals surface area contributed by atoms with Crippen LogP contribution in [0.4, 0.5) is 0 Å². The van der Waals surface area contributed by atoms with Crippen molar-refractivity contribution in [3.8, 4) is 5.75 Å². The van der Waals surface area contributed by atoms with Crippen LogP contribution in [0.3, 0.4) is 0 Å². The van der Waals surface area contributed by atoms with E-state index in [2.05, 4.69) is 0 Å². The average Bonchev–Trinajstić information content (AvgIpc) is 2.94. The van der Waals surface area contributed by atoms with Crippen molar-refractivity contribution in [3.63, 3.8) is 0 Å². The van der Waals surface area contributed by atoms with Crippen LogP contribution in [0.2, 0.25) is 0 Å². The van der Waals surface area contributed by atoms with E-state index in [1.54, 1.807) is 4.90 Å². The van der Waals surface area contributed by atoms with Crippen molar-refractivity contribution >= 4 is 5.91 Å². The zero-order chi connectivity index (χ0) is 16.4. The van der Waals surface area contributed by atoms with Gasteiger partial charge in [0.15, 0.2) is 0 Å². The molecule has 5 nitrogen and oxygen atoms in total. The smallest absolute Gasteiger partial charge is 0.253 e. The molecule has 0 aliphatic carbocycles. The second-order valence-electron chi connectivity index (χ2n) is 6.89. The third-order valence-corrected chi connectivity index (χ3v) is 4.95. The fraction of sp³-hybridized carbons (Fsp3) is 0.611. The molecule has 5 heteroatoms. The minimum Gasteiger partial charge on any atom is -0.490 e. The van der Waals surface area contributed by atoms with Gasteiger partial charge in [0.05, 0.1) is 6.61 Å². The highest BCUT2D eigenvalue weighted by molar-refractivity contribution is 5.94. The van der Waals surface area contributed by atoms with Gasteiger partial charge in [-0.1, -0.05) is 0 Å². The van der Waals surface area contributed by atoms with Crippen molar-refractivity contribution in [3.05, 3.63) is 29.3 Å².